The fraction of sp³-hybridized carbons (Fsp3) is 0.884. The predicted octanol–water partition coefficient (Wildman–Crippen LogP) is 13.1. The molecule has 0 radical (unpaired) electrons. The van der Waals surface area contributed by atoms with Gasteiger partial charge in [-0.3, -0.25) is 14.4 Å². The lowest BCUT2D eigenvalue weighted by atomic mass is 10.1. The van der Waals surface area contributed by atoms with E-state index in [1.165, 1.54) is 122 Å². The maximum absolute atomic E-state index is 12.6. The van der Waals surface area contributed by atoms with E-state index < -0.39 is 6.10 Å². The van der Waals surface area contributed by atoms with Crippen LogP contribution in [0.4, 0.5) is 0 Å². The van der Waals surface area contributed by atoms with Crippen molar-refractivity contribution < 1.29 is 28.6 Å². The molecule has 0 aliphatic heterocycles. The summed E-state index contributed by atoms with van der Waals surface area (Å²) >= 11 is 0. The average molecular weight is 693 g/mol. The van der Waals surface area contributed by atoms with Crippen molar-refractivity contribution in [2.45, 2.75) is 232 Å². The van der Waals surface area contributed by atoms with Gasteiger partial charge in [-0.15, -0.1) is 0 Å². The topological polar surface area (TPSA) is 78.9 Å². The van der Waals surface area contributed by atoms with Crippen LogP contribution in [-0.4, -0.2) is 37.2 Å². The first-order valence-corrected chi connectivity index (χ1v) is 21.2. The predicted molar refractivity (Wildman–Crippen MR) is 206 cm³/mol. The van der Waals surface area contributed by atoms with Gasteiger partial charge in [0.2, 0.25) is 0 Å². The monoisotopic (exact) mass is 693 g/mol. The fourth-order valence-corrected chi connectivity index (χ4v) is 6.01. The summed E-state index contributed by atoms with van der Waals surface area (Å²) in [5.41, 5.74) is 0. The molecule has 0 N–H and O–H groups in total. The second kappa shape index (κ2) is 38.9. The highest BCUT2D eigenvalue weighted by Gasteiger charge is 2.19. The lowest BCUT2D eigenvalue weighted by Crippen LogP contribution is -2.30. The number of hydrogen-bond acceptors (Lipinski definition) is 6. The van der Waals surface area contributed by atoms with E-state index in [1.807, 2.05) is 0 Å². The quantitative estimate of drug-likeness (QED) is 0.0277. The van der Waals surface area contributed by atoms with Gasteiger partial charge in [0.1, 0.15) is 13.2 Å². The lowest BCUT2D eigenvalue weighted by Gasteiger charge is -2.18. The first-order chi connectivity index (χ1) is 24.0. The number of rotatable bonds is 38. The van der Waals surface area contributed by atoms with Gasteiger partial charge in [0, 0.05) is 19.3 Å². The van der Waals surface area contributed by atoms with E-state index in [4.69, 9.17) is 14.2 Å². The Morgan fingerprint density at radius 3 is 1.08 bits per heavy atom. The van der Waals surface area contributed by atoms with E-state index >= 15 is 0 Å². The molecule has 0 aromatic carbocycles. The van der Waals surface area contributed by atoms with Crippen LogP contribution in [-0.2, 0) is 28.6 Å². The number of unbranched alkanes of at least 4 members (excludes halogenated alkanes) is 25. The number of esters is 3. The number of carbonyl (C=O) groups is 3. The van der Waals surface area contributed by atoms with Crippen molar-refractivity contribution in [1.29, 1.82) is 0 Å². The SMILES string of the molecule is CCCC/C=C\CCCCCCCC(=O)OC[C@@H](COC(=O)CCCCCCCCCCCC)OC(=O)CCCCCCCCCCCC. The molecule has 6 heteroatoms. The van der Waals surface area contributed by atoms with E-state index in [0.717, 1.165) is 64.2 Å². The molecule has 1 atom stereocenters. The van der Waals surface area contributed by atoms with E-state index in [2.05, 4.69) is 32.9 Å². The molecule has 288 valence electrons. The molecule has 0 saturated carbocycles. The Hall–Kier alpha value is -1.85. The van der Waals surface area contributed by atoms with Crippen LogP contribution >= 0.6 is 0 Å². The second-order valence-corrected chi connectivity index (χ2v) is 14.3. The van der Waals surface area contributed by atoms with Crippen LogP contribution in [0.1, 0.15) is 226 Å². The minimum atomic E-state index is -0.762. The molecule has 0 rings (SSSR count). The van der Waals surface area contributed by atoms with Gasteiger partial charge in [0.05, 0.1) is 0 Å². The minimum absolute atomic E-state index is 0.0689. The van der Waals surface area contributed by atoms with Crippen molar-refractivity contribution in [2.24, 2.45) is 0 Å². The molecule has 6 nitrogen and oxygen atoms in total. The second-order valence-electron chi connectivity index (χ2n) is 14.3. The normalized spacial score (nSPS) is 12.0. The molecular formula is C43H80O6. The standard InChI is InChI=1S/C43H80O6/c1-4-7-10-13-16-19-22-25-27-30-33-36-42(45)48-39-40(49-43(46)37-34-31-28-24-21-18-15-12-9-6-3)38-47-41(44)35-32-29-26-23-20-17-14-11-8-5-2/h13,16,40H,4-12,14-15,17-39H2,1-3H3/b16-13-/t40-/m1/s1. The van der Waals surface area contributed by atoms with Crippen LogP contribution in [0.25, 0.3) is 0 Å². The third-order valence-corrected chi connectivity index (χ3v) is 9.27. The Morgan fingerprint density at radius 1 is 0.388 bits per heavy atom. The van der Waals surface area contributed by atoms with Crippen molar-refractivity contribution in [1.82, 2.24) is 0 Å². The van der Waals surface area contributed by atoms with Crippen LogP contribution in [0, 0.1) is 0 Å². The summed E-state index contributed by atoms with van der Waals surface area (Å²) in [5, 5.41) is 0. The van der Waals surface area contributed by atoms with E-state index in [9.17, 15) is 14.4 Å². The fourth-order valence-electron chi connectivity index (χ4n) is 6.01. The average Bonchev–Trinajstić information content (AvgIpc) is 3.10. The first kappa shape index (κ1) is 47.1. The summed E-state index contributed by atoms with van der Waals surface area (Å²) in [6.45, 7) is 6.56. The summed E-state index contributed by atoms with van der Waals surface area (Å²) < 4.78 is 16.6. The highest BCUT2D eigenvalue weighted by molar-refractivity contribution is 5.71. The Bertz CT molecular complexity index is 763. The van der Waals surface area contributed by atoms with Gasteiger partial charge in [0.15, 0.2) is 6.10 Å². The van der Waals surface area contributed by atoms with Crippen molar-refractivity contribution in [3.05, 3.63) is 12.2 Å². The smallest absolute Gasteiger partial charge is 0.306 e. The molecule has 0 heterocycles. The summed E-state index contributed by atoms with van der Waals surface area (Å²) in [6, 6.07) is 0. The largest absolute Gasteiger partial charge is 0.462 e. The third-order valence-electron chi connectivity index (χ3n) is 9.27. The van der Waals surface area contributed by atoms with Crippen LogP contribution in [0.3, 0.4) is 0 Å². The molecule has 0 saturated heterocycles. The Labute approximate surface area is 303 Å². The van der Waals surface area contributed by atoms with Gasteiger partial charge < -0.3 is 14.2 Å². The van der Waals surface area contributed by atoms with Crippen LogP contribution < -0.4 is 0 Å². The molecule has 0 unspecified atom stereocenters. The molecule has 0 aliphatic carbocycles. The van der Waals surface area contributed by atoms with Crippen molar-refractivity contribution in [3.8, 4) is 0 Å². The summed E-state index contributed by atoms with van der Waals surface area (Å²) in [6.07, 6.45) is 39.0. The Morgan fingerprint density at radius 2 is 0.694 bits per heavy atom. The van der Waals surface area contributed by atoms with Gasteiger partial charge in [0.25, 0.3) is 0 Å². The van der Waals surface area contributed by atoms with Gasteiger partial charge in [-0.2, -0.15) is 0 Å². The molecule has 49 heavy (non-hydrogen) atoms. The zero-order chi connectivity index (χ0) is 35.9. The van der Waals surface area contributed by atoms with Crippen LogP contribution in [0.2, 0.25) is 0 Å². The number of allylic oxidation sites excluding steroid dienone is 2. The van der Waals surface area contributed by atoms with E-state index in [1.54, 1.807) is 0 Å². The van der Waals surface area contributed by atoms with Crippen molar-refractivity contribution >= 4 is 17.9 Å². The van der Waals surface area contributed by atoms with Gasteiger partial charge in [-0.05, 0) is 38.5 Å². The highest BCUT2D eigenvalue weighted by Crippen LogP contribution is 2.14. The Balaban J connectivity index is 4.36. The van der Waals surface area contributed by atoms with Gasteiger partial charge in [-0.25, -0.2) is 0 Å². The third kappa shape index (κ3) is 37.2. The summed E-state index contributed by atoms with van der Waals surface area (Å²) in [7, 11) is 0. The molecule has 0 amide bonds. The van der Waals surface area contributed by atoms with Crippen molar-refractivity contribution in [2.75, 3.05) is 13.2 Å². The molecule has 0 bridgehead atoms. The molecule has 0 spiro atoms. The number of carbonyl (C=O) groups excluding carboxylic acids is 3. The number of ether oxygens (including phenoxy) is 3. The number of hydrogen-bond donors (Lipinski definition) is 0. The molecule has 0 aromatic heterocycles. The maximum Gasteiger partial charge on any atom is 0.306 e. The Kier molecular flexibility index (Phi) is 37.5. The van der Waals surface area contributed by atoms with E-state index in [0.29, 0.717) is 19.3 Å². The highest BCUT2D eigenvalue weighted by atomic mass is 16.6. The first-order valence-electron chi connectivity index (χ1n) is 21.2. The van der Waals surface area contributed by atoms with Crippen LogP contribution in [0.5, 0.6) is 0 Å². The van der Waals surface area contributed by atoms with Crippen molar-refractivity contribution in [3.63, 3.8) is 0 Å². The van der Waals surface area contributed by atoms with Crippen LogP contribution in [0.15, 0.2) is 12.2 Å². The maximum atomic E-state index is 12.6. The summed E-state index contributed by atoms with van der Waals surface area (Å²) in [4.78, 5) is 37.5. The zero-order valence-corrected chi connectivity index (χ0v) is 32.7. The van der Waals surface area contributed by atoms with Gasteiger partial charge >= 0.3 is 17.9 Å². The molecule has 0 fully saturated rings. The van der Waals surface area contributed by atoms with Gasteiger partial charge in [-0.1, -0.05) is 181 Å². The lowest BCUT2D eigenvalue weighted by molar-refractivity contribution is -0.167. The molecule has 0 aromatic rings. The summed E-state index contributed by atoms with van der Waals surface area (Å²) in [5.74, 6) is -0.879. The minimum Gasteiger partial charge on any atom is -0.462 e. The van der Waals surface area contributed by atoms with E-state index in [-0.39, 0.29) is 31.1 Å². The zero-order valence-electron chi connectivity index (χ0n) is 32.7. The molecular weight excluding hydrogens is 612 g/mol. The molecule has 0 aliphatic rings.